The van der Waals surface area contributed by atoms with Crippen LogP contribution in [-0.2, 0) is 16.4 Å². The van der Waals surface area contributed by atoms with Gasteiger partial charge in [-0.1, -0.05) is 42.0 Å². The maximum Gasteiger partial charge on any atom is 0.262 e. The highest BCUT2D eigenvalue weighted by molar-refractivity contribution is 7.92. The van der Waals surface area contributed by atoms with Crippen LogP contribution in [0.15, 0.2) is 78.0 Å². The lowest BCUT2D eigenvalue weighted by atomic mass is 10.1. The number of anilines is 1. The Hall–Kier alpha value is -3.19. The Morgan fingerprint density at radius 2 is 1.86 bits per heavy atom. The number of nitrogens with one attached hydrogen (secondary N) is 2. The number of sulfonamides is 1. The van der Waals surface area contributed by atoms with Crippen LogP contribution in [0.1, 0.15) is 21.5 Å². The number of pyridine rings is 1. The average Bonchev–Trinajstić information content (AvgIpc) is 2.68. The SMILES string of the molecule is Cc1cccc(CCNC(=O)c2ccccc2S(=O)(=O)Nc2cccnc2)c1. The normalized spacial score (nSPS) is 11.0. The molecule has 144 valence electrons. The second-order valence-electron chi connectivity index (χ2n) is 6.34. The van der Waals surface area contributed by atoms with E-state index in [4.69, 9.17) is 0 Å². The summed E-state index contributed by atoms with van der Waals surface area (Å²) >= 11 is 0. The van der Waals surface area contributed by atoms with E-state index in [1.54, 1.807) is 30.5 Å². The summed E-state index contributed by atoms with van der Waals surface area (Å²) < 4.78 is 27.9. The summed E-state index contributed by atoms with van der Waals surface area (Å²) in [5.41, 5.74) is 2.70. The predicted molar refractivity (Wildman–Crippen MR) is 109 cm³/mol. The molecule has 0 saturated heterocycles. The van der Waals surface area contributed by atoms with Gasteiger partial charge in [0, 0.05) is 12.7 Å². The number of carbonyl (C=O) groups excluding carboxylic acids is 1. The fourth-order valence-corrected chi connectivity index (χ4v) is 4.05. The number of carbonyl (C=O) groups is 1. The van der Waals surface area contributed by atoms with Crippen LogP contribution in [0.2, 0.25) is 0 Å². The van der Waals surface area contributed by atoms with Crippen molar-refractivity contribution in [1.82, 2.24) is 10.3 Å². The summed E-state index contributed by atoms with van der Waals surface area (Å²) in [5.74, 6) is -0.431. The predicted octanol–water partition coefficient (Wildman–Crippen LogP) is 3.16. The molecule has 0 saturated carbocycles. The van der Waals surface area contributed by atoms with Crippen molar-refractivity contribution in [3.05, 3.63) is 89.7 Å². The van der Waals surface area contributed by atoms with E-state index in [1.165, 1.54) is 18.3 Å². The van der Waals surface area contributed by atoms with Crippen molar-refractivity contribution in [2.75, 3.05) is 11.3 Å². The average molecular weight is 395 g/mol. The lowest BCUT2D eigenvalue weighted by Gasteiger charge is -2.12. The maximum absolute atomic E-state index is 12.7. The lowest BCUT2D eigenvalue weighted by molar-refractivity contribution is 0.0951. The van der Waals surface area contributed by atoms with Gasteiger partial charge in [-0.3, -0.25) is 14.5 Å². The Kier molecular flexibility index (Phi) is 6.06. The van der Waals surface area contributed by atoms with Gasteiger partial charge in [-0.15, -0.1) is 0 Å². The summed E-state index contributed by atoms with van der Waals surface area (Å²) in [6.07, 6.45) is 3.62. The molecule has 7 heteroatoms. The second kappa shape index (κ2) is 8.67. The summed E-state index contributed by atoms with van der Waals surface area (Å²) in [6, 6.07) is 17.4. The molecule has 0 fully saturated rings. The summed E-state index contributed by atoms with van der Waals surface area (Å²) in [4.78, 5) is 16.4. The van der Waals surface area contributed by atoms with Gasteiger partial charge < -0.3 is 5.32 Å². The van der Waals surface area contributed by atoms with Crippen LogP contribution in [-0.4, -0.2) is 25.9 Å². The first kappa shape index (κ1) is 19.6. The van der Waals surface area contributed by atoms with Gasteiger partial charge in [0.05, 0.1) is 17.4 Å². The minimum Gasteiger partial charge on any atom is -0.352 e. The van der Waals surface area contributed by atoms with E-state index in [9.17, 15) is 13.2 Å². The number of aromatic nitrogens is 1. The second-order valence-corrected chi connectivity index (χ2v) is 7.99. The molecule has 1 aromatic heterocycles. The molecule has 0 unspecified atom stereocenters. The van der Waals surface area contributed by atoms with E-state index >= 15 is 0 Å². The van der Waals surface area contributed by atoms with Crippen molar-refractivity contribution in [3.8, 4) is 0 Å². The van der Waals surface area contributed by atoms with E-state index in [1.807, 2.05) is 25.1 Å². The number of benzene rings is 2. The Morgan fingerprint density at radius 3 is 2.61 bits per heavy atom. The van der Waals surface area contributed by atoms with Gasteiger partial charge in [0.1, 0.15) is 4.90 Å². The Morgan fingerprint density at radius 1 is 1.04 bits per heavy atom. The molecule has 0 radical (unpaired) electrons. The Balaban J connectivity index is 1.73. The number of hydrogen-bond acceptors (Lipinski definition) is 4. The first-order valence-electron chi connectivity index (χ1n) is 8.81. The number of amides is 1. The Labute approximate surface area is 164 Å². The first-order valence-corrected chi connectivity index (χ1v) is 10.3. The molecule has 3 aromatic rings. The van der Waals surface area contributed by atoms with Crippen LogP contribution in [0.3, 0.4) is 0 Å². The molecule has 0 spiro atoms. The lowest BCUT2D eigenvalue weighted by Crippen LogP contribution is -2.28. The highest BCUT2D eigenvalue weighted by atomic mass is 32.2. The molecular formula is C21H21N3O3S. The van der Waals surface area contributed by atoms with E-state index in [2.05, 4.69) is 21.1 Å². The number of rotatable bonds is 7. The minimum absolute atomic E-state index is 0.0769. The molecule has 2 aromatic carbocycles. The third-order valence-corrected chi connectivity index (χ3v) is 5.56. The third-order valence-electron chi connectivity index (χ3n) is 4.12. The van der Waals surface area contributed by atoms with Crippen molar-refractivity contribution in [2.24, 2.45) is 0 Å². The van der Waals surface area contributed by atoms with E-state index in [-0.39, 0.29) is 10.5 Å². The van der Waals surface area contributed by atoms with Crippen molar-refractivity contribution in [2.45, 2.75) is 18.2 Å². The summed E-state index contributed by atoms with van der Waals surface area (Å²) in [5, 5.41) is 2.80. The molecule has 1 heterocycles. The van der Waals surface area contributed by atoms with Crippen LogP contribution >= 0.6 is 0 Å². The van der Waals surface area contributed by atoms with Gasteiger partial charge in [-0.25, -0.2) is 8.42 Å². The fourth-order valence-electron chi connectivity index (χ4n) is 2.81. The molecule has 0 atom stereocenters. The van der Waals surface area contributed by atoms with Crippen molar-refractivity contribution < 1.29 is 13.2 Å². The largest absolute Gasteiger partial charge is 0.352 e. The van der Waals surface area contributed by atoms with Crippen molar-refractivity contribution >= 4 is 21.6 Å². The molecule has 3 rings (SSSR count). The van der Waals surface area contributed by atoms with Crippen molar-refractivity contribution in [1.29, 1.82) is 0 Å². The number of hydrogen-bond donors (Lipinski definition) is 2. The first-order chi connectivity index (χ1) is 13.5. The van der Waals surface area contributed by atoms with E-state index in [0.29, 0.717) is 18.7 Å². The van der Waals surface area contributed by atoms with Gasteiger partial charge in [-0.05, 0) is 43.2 Å². The van der Waals surface area contributed by atoms with E-state index in [0.717, 1.165) is 11.1 Å². The zero-order valence-electron chi connectivity index (χ0n) is 15.4. The maximum atomic E-state index is 12.7. The van der Waals surface area contributed by atoms with Crippen LogP contribution in [0.4, 0.5) is 5.69 Å². The van der Waals surface area contributed by atoms with Gasteiger partial charge >= 0.3 is 0 Å². The molecule has 1 amide bonds. The fraction of sp³-hybridized carbons (Fsp3) is 0.143. The minimum atomic E-state index is -3.92. The molecular weight excluding hydrogens is 374 g/mol. The molecule has 0 aliphatic heterocycles. The topological polar surface area (TPSA) is 88.2 Å². The molecule has 0 aliphatic rings. The van der Waals surface area contributed by atoms with Gasteiger partial charge in [-0.2, -0.15) is 0 Å². The molecule has 0 aliphatic carbocycles. The quantitative estimate of drug-likeness (QED) is 0.643. The monoisotopic (exact) mass is 395 g/mol. The van der Waals surface area contributed by atoms with Crippen molar-refractivity contribution in [3.63, 3.8) is 0 Å². The van der Waals surface area contributed by atoms with Crippen LogP contribution in [0.25, 0.3) is 0 Å². The van der Waals surface area contributed by atoms with Gasteiger partial charge in [0.15, 0.2) is 0 Å². The highest BCUT2D eigenvalue weighted by Gasteiger charge is 2.22. The number of aryl methyl sites for hydroxylation is 1. The Bertz CT molecular complexity index is 1070. The zero-order chi connectivity index (χ0) is 20.0. The zero-order valence-corrected chi connectivity index (χ0v) is 16.2. The summed E-state index contributed by atoms with van der Waals surface area (Å²) in [7, 11) is -3.92. The van der Waals surface area contributed by atoms with Crippen LogP contribution < -0.4 is 10.0 Å². The standard InChI is InChI=1S/C21H21N3O3S/c1-16-6-4-7-17(14-16)11-13-23-21(25)19-9-2-3-10-20(19)28(26,27)24-18-8-5-12-22-15-18/h2-10,12,14-15,24H,11,13H2,1H3,(H,23,25). The third kappa shape index (κ3) is 4.95. The smallest absolute Gasteiger partial charge is 0.262 e. The molecule has 6 nitrogen and oxygen atoms in total. The highest BCUT2D eigenvalue weighted by Crippen LogP contribution is 2.19. The molecule has 0 bridgehead atoms. The number of nitrogens with zero attached hydrogens (tertiary/aromatic N) is 1. The van der Waals surface area contributed by atoms with Crippen LogP contribution in [0, 0.1) is 6.92 Å². The van der Waals surface area contributed by atoms with Crippen LogP contribution in [0.5, 0.6) is 0 Å². The molecule has 2 N–H and O–H groups in total. The molecule has 28 heavy (non-hydrogen) atoms. The summed E-state index contributed by atoms with van der Waals surface area (Å²) in [6.45, 7) is 2.42. The van der Waals surface area contributed by atoms with Gasteiger partial charge in [0.25, 0.3) is 15.9 Å². The van der Waals surface area contributed by atoms with E-state index < -0.39 is 15.9 Å². The van der Waals surface area contributed by atoms with Gasteiger partial charge in [0.2, 0.25) is 0 Å².